The SMILES string of the molecule is CCCC(=O)NC(C(=O)OCc1ccccc1)C(C)CC. The Kier molecular flexibility index (Phi) is 7.51. The van der Waals surface area contributed by atoms with Crippen molar-refractivity contribution >= 4 is 11.9 Å². The summed E-state index contributed by atoms with van der Waals surface area (Å²) >= 11 is 0. The third-order valence-electron chi connectivity index (χ3n) is 3.48. The van der Waals surface area contributed by atoms with Crippen LogP contribution in [0.15, 0.2) is 30.3 Å². The summed E-state index contributed by atoms with van der Waals surface area (Å²) in [6.07, 6.45) is 1.99. The van der Waals surface area contributed by atoms with Crippen molar-refractivity contribution in [1.29, 1.82) is 0 Å². The van der Waals surface area contributed by atoms with Crippen LogP contribution in [0.25, 0.3) is 0 Å². The number of benzene rings is 1. The highest BCUT2D eigenvalue weighted by molar-refractivity contribution is 5.84. The quantitative estimate of drug-likeness (QED) is 0.749. The molecule has 0 spiro atoms. The Balaban J connectivity index is 2.60. The third kappa shape index (κ3) is 5.98. The van der Waals surface area contributed by atoms with E-state index in [2.05, 4.69) is 5.32 Å². The van der Waals surface area contributed by atoms with Gasteiger partial charge in [-0.15, -0.1) is 0 Å². The number of nitrogens with one attached hydrogen (secondary N) is 1. The van der Waals surface area contributed by atoms with Crippen LogP contribution in [0.4, 0.5) is 0 Å². The fourth-order valence-corrected chi connectivity index (χ4v) is 1.96. The minimum atomic E-state index is -0.572. The van der Waals surface area contributed by atoms with Gasteiger partial charge in [0, 0.05) is 6.42 Å². The molecule has 1 aromatic carbocycles. The fraction of sp³-hybridized carbons (Fsp3) is 0.529. The first-order valence-electron chi connectivity index (χ1n) is 7.58. The molecular formula is C17H25NO3. The van der Waals surface area contributed by atoms with Gasteiger partial charge in [-0.25, -0.2) is 4.79 Å². The van der Waals surface area contributed by atoms with Crippen molar-refractivity contribution < 1.29 is 14.3 Å². The number of carbonyl (C=O) groups excluding carboxylic acids is 2. The van der Waals surface area contributed by atoms with Crippen LogP contribution in [0.5, 0.6) is 0 Å². The number of ether oxygens (including phenoxy) is 1. The summed E-state index contributed by atoms with van der Waals surface area (Å²) in [5, 5.41) is 2.79. The van der Waals surface area contributed by atoms with Crippen LogP contribution >= 0.6 is 0 Å². The van der Waals surface area contributed by atoms with E-state index < -0.39 is 6.04 Å². The number of rotatable bonds is 8. The highest BCUT2D eigenvalue weighted by atomic mass is 16.5. The molecule has 116 valence electrons. The first kappa shape index (κ1) is 17.2. The molecule has 4 heteroatoms. The number of hydrogen-bond acceptors (Lipinski definition) is 3. The summed E-state index contributed by atoms with van der Waals surface area (Å²) in [5.74, 6) is -0.411. The maximum Gasteiger partial charge on any atom is 0.329 e. The molecule has 1 aromatic rings. The Morgan fingerprint density at radius 3 is 2.43 bits per heavy atom. The second-order valence-corrected chi connectivity index (χ2v) is 5.27. The van der Waals surface area contributed by atoms with E-state index in [1.807, 2.05) is 51.1 Å². The number of hydrogen-bond donors (Lipinski definition) is 1. The van der Waals surface area contributed by atoms with Crippen molar-refractivity contribution in [2.24, 2.45) is 5.92 Å². The molecule has 0 saturated carbocycles. The lowest BCUT2D eigenvalue weighted by molar-refractivity contribution is -0.150. The van der Waals surface area contributed by atoms with Gasteiger partial charge >= 0.3 is 5.97 Å². The molecule has 1 rings (SSSR count). The normalized spacial score (nSPS) is 13.3. The summed E-state index contributed by atoms with van der Waals surface area (Å²) in [6, 6.07) is 8.95. The molecule has 0 saturated heterocycles. The number of amides is 1. The molecule has 1 amide bonds. The van der Waals surface area contributed by atoms with Crippen LogP contribution in [0.1, 0.15) is 45.6 Å². The molecule has 4 nitrogen and oxygen atoms in total. The Labute approximate surface area is 126 Å². The van der Waals surface area contributed by atoms with Crippen molar-refractivity contribution in [3.05, 3.63) is 35.9 Å². The Hall–Kier alpha value is -1.84. The molecule has 1 N–H and O–H groups in total. The van der Waals surface area contributed by atoms with Gasteiger partial charge in [0.25, 0.3) is 0 Å². The van der Waals surface area contributed by atoms with E-state index in [-0.39, 0.29) is 24.4 Å². The standard InChI is InChI=1S/C17H25NO3/c1-4-9-15(19)18-16(13(3)5-2)17(20)21-12-14-10-7-6-8-11-14/h6-8,10-11,13,16H,4-5,9,12H2,1-3H3,(H,18,19). The average Bonchev–Trinajstić information content (AvgIpc) is 2.51. The smallest absolute Gasteiger partial charge is 0.329 e. The van der Waals surface area contributed by atoms with Crippen LogP contribution in [0.2, 0.25) is 0 Å². The van der Waals surface area contributed by atoms with Crippen molar-refractivity contribution in [2.45, 2.75) is 52.7 Å². The van der Waals surface area contributed by atoms with Gasteiger partial charge in [0.1, 0.15) is 12.6 Å². The van der Waals surface area contributed by atoms with Crippen LogP contribution in [0.3, 0.4) is 0 Å². The van der Waals surface area contributed by atoms with E-state index in [1.165, 1.54) is 0 Å². The van der Waals surface area contributed by atoms with Crippen LogP contribution in [0, 0.1) is 5.92 Å². The lowest BCUT2D eigenvalue weighted by Gasteiger charge is -2.22. The van der Waals surface area contributed by atoms with E-state index in [0.29, 0.717) is 6.42 Å². The van der Waals surface area contributed by atoms with Crippen LogP contribution in [-0.2, 0) is 20.9 Å². The summed E-state index contributed by atoms with van der Waals surface area (Å²) in [4.78, 5) is 24.0. The highest BCUT2D eigenvalue weighted by Crippen LogP contribution is 2.11. The molecule has 0 fully saturated rings. The van der Waals surface area contributed by atoms with Gasteiger partial charge < -0.3 is 10.1 Å². The second kappa shape index (κ2) is 9.16. The van der Waals surface area contributed by atoms with Gasteiger partial charge in [0.15, 0.2) is 0 Å². The highest BCUT2D eigenvalue weighted by Gasteiger charge is 2.27. The average molecular weight is 291 g/mol. The molecule has 2 atom stereocenters. The van der Waals surface area contributed by atoms with E-state index in [4.69, 9.17) is 4.74 Å². The number of esters is 1. The van der Waals surface area contributed by atoms with Crippen molar-refractivity contribution in [3.63, 3.8) is 0 Å². The molecular weight excluding hydrogens is 266 g/mol. The van der Waals surface area contributed by atoms with Gasteiger partial charge in [-0.2, -0.15) is 0 Å². The molecule has 0 radical (unpaired) electrons. The second-order valence-electron chi connectivity index (χ2n) is 5.27. The lowest BCUT2D eigenvalue weighted by atomic mass is 9.99. The minimum absolute atomic E-state index is 0.0501. The molecule has 0 aliphatic heterocycles. The molecule has 0 aliphatic rings. The van der Waals surface area contributed by atoms with Gasteiger partial charge in [-0.05, 0) is 17.9 Å². The van der Waals surface area contributed by atoms with E-state index in [9.17, 15) is 9.59 Å². The van der Waals surface area contributed by atoms with Gasteiger partial charge in [0.05, 0.1) is 0 Å². The maximum absolute atomic E-state index is 12.2. The van der Waals surface area contributed by atoms with Crippen molar-refractivity contribution in [1.82, 2.24) is 5.32 Å². The molecule has 21 heavy (non-hydrogen) atoms. The predicted octanol–water partition coefficient (Wildman–Crippen LogP) is 3.06. The lowest BCUT2D eigenvalue weighted by Crippen LogP contribution is -2.45. The first-order chi connectivity index (χ1) is 10.1. The van der Waals surface area contributed by atoms with Crippen molar-refractivity contribution in [2.75, 3.05) is 0 Å². The molecule has 0 heterocycles. The topological polar surface area (TPSA) is 55.4 Å². The number of carbonyl (C=O) groups is 2. The molecule has 0 aromatic heterocycles. The molecule has 2 unspecified atom stereocenters. The zero-order valence-electron chi connectivity index (χ0n) is 13.1. The van der Waals surface area contributed by atoms with Crippen LogP contribution < -0.4 is 5.32 Å². The van der Waals surface area contributed by atoms with E-state index >= 15 is 0 Å². The zero-order chi connectivity index (χ0) is 15.7. The Morgan fingerprint density at radius 2 is 1.86 bits per heavy atom. The Morgan fingerprint density at radius 1 is 1.19 bits per heavy atom. The summed E-state index contributed by atoms with van der Waals surface area (Å²) < 4.78 is 5.34. The summed E-state index contributed by atoms with van der Waals surface area (Å²) in [5.41, 5.74) is 0.939. The van der Waals surface area contributed by atoms with E-state index in [0.717, 1.165) is 18.4 Å². The van der Waals surface area contributed by atoms with Gasteiger partial charge in [-0.3, -0.25) is 4.79 Å². The fourth-order valence-electron chi connectivity index (χ4n) is 1.96. The molecule has 0 bridgehead atoms. The van der Waals surface area contributed by atoms with Gasteiger partial charge in [-0.1, -0.05) is 57.5 Å². The van der Waals surface area contributed by atoms with E-state index in [1.54, 1.807) is 0 Å². The zero-order valence-corrected chi connectivity index (χ0v) is 13.1. The molecule has 0 aliphatic carbocycles. The third-order valence-corrected chi connectivity index (χ3v) is 3.48. The predicted molar refractivity (Wildman–Crippen MR) is 82.5 cm³/mol. The Bertz CT molecular complexity index is 445. The van der Waals surface area contributed by atoms with Gasteiger partial charge in [0.2, 0.25) is 5.91 Å². The minimum Gasteiger partial charge on any atom is -0.459 e. The monoisotopic (exact) mass is 291 g/mol. The summed E-state index contributed by atoms with van der Waals surface area (Å²) in [7, 11) is 0. The van der Waals surface area contributed by atoms with Crippen molar-refractivity contribution in [3.8, 4) is 0 Å². The van der Waals surface area contributed by atoms with Crippen LogP contribution in [-0.4, -0.2) is 17.9 Å². The largest absolute Gasteiger partial charge is 0.459 e. The maximum atomic E-state index is 12.2. The first-order valence-corrected chi connectivity index (χ1v) is 7.58. The summed E-state index contributed by atoms with van der Waals surface area (Å²) in [6.45, 7) is 6.11.